The van der Waals surface area contributed by atoms with Gasteiger partial charge >= 0.3 is 0 Å². The van der Waals surface area contributed by atoms with Crippen LogP contribution in [0.3, 0.4) is 0 Å². The average Bonchev–Trinajstić information content (AvgIpc) is 3.05. The summed E-state index contributed by atoms with van der Waals surface area (Å²) >= 11 is 15.1. The lowest BCUT2D eigenvalue weighted by Crippen LogP contribution is -2.11. The number of hydrogen-bond donors (Lipinski definition) is 1. The number of aryl methyl sites for hydroxylation is 2. The van der Waals surface area contributed by atoms with Crippen molar-refractivity contribution >= 4 is 56.9 Å². The summed E-state index contributed by atoms with van der Waals surface area (Å²) < 4.78 is 0. The highest BCUT2D eigenvalue weighted by molar-refractivity contribution is 7.18. The van der Waals surface area contributed by atoms with Crippen molar-refractivity contribution in [3.63, 3.8) is 0 Å². The molecule has 3 rings (SSSR count). The third-order valence-corrected chi connectivity index (χ3v) is 5.65. The number of rotatable bonds is 3. The average molecular weight is 384 g/mol. The zero-order chi connectivity index (χ0) is 16.6. The van der Waals surface area contributed by atoms with Crippen LogP contribution in [0.1, 0.15) is 20.2 Å². The zero-order valence-corrected chi connectivity index (χ0v) is 15.3. The quantitative estimate of drug-likeness (QED) is 0.654. The minimum absolute atomic E-state index is 0.233. The van der Waals surface area contributed by atoms with Crippen LogP contribution in [-0.4, -0.2) is 15.9 Å². The maximum atomic E-state index is 12.4. The van der Waals surface area contributed by atoms with Crippen molar-refractivity contribution in [2.24, 2.45) is 0 Å². The van der Waals surface area contributed by atoms with Crippen LogP contribution in [0.15, 0.2) is 24.4 Å². The second-order valence-electron chi connectivity index (χ2n) is 4.76. The second-order valence-corrected chi connectivity index (χ2v) is 7.81. The lowest BCUT2D eigenvalue weighted by molar-refractivity contribution is 0.103. The molecule has 0 aliphatic rings. The number of benzene rings is 1. The van der Waals surface area contributed by atoms with Crippen molar-refractivity contribution in [2.75, 3.05) is 5.32 Å². The molecule has 0 fully saturated rings. The van der Waals surface area contributed by atoms with E-state index in [0.717, 1.165) is 4.88 Å². The van der Waals surface area contributed by atoms with Gasteiger partial charge in [-0.25, -0.2) is 9.97 Å². The van der Waals surface area contributed by atoms with Crippen molar-refractivity contribution in [3.8, 4) is 10.6 Å². The summed E-state index contributed by atoms with van der Waals surface area (Å²) in [5.74, 6) is -0.233. The molecule has 2 aromatic heterocycles. The van der Waals surface area contributed by atoms with Gasteiger partial charge in [-0.1, -0.05) is 29.3 Å². The Bertz CT molecular complexity index is 868. The molecule has 2 heterocycles. The topological polar surface area (TPSA) is 54.9 Å². The first-order chi connectivity index (χ1) is 11.0. The highest BCUT2D eigenvalue weighted by Crippen LogP contribution is 2.38. The molecule has 0 unspecified atom stereocenters. The molecular formula is C15H11Cl2N3OS2. The van der Waals surface area contributed by atoms with Crippen LogP contribution in [0, 0.1) is 13.8 Å². The summed E-state index contributed by atoms with van der Waals surface area (Å²) in [6, 6.07) is 5.27. The van der Waals surface area contributed by atoms with E-state index in [0.29, 0.717) is 36.3 Å². The molecule has 0 aliphatic heterocycles. The molecule has 1 amide bonds. The van der Waals surface area contributed by atoms with E-state index in [4.69, 9.17) is 23.2 Å². The van der Waals surface area contributed by atoms with E-state index in [9.17, 15) is 4.79 Å². The number of carbonyl (C=O) groups excluding carboxylic acids is 1. The van der Waals surface area contributed by atoms with Crippen molar-refractivity contribution in [2.45, 2.75) is 13.8 Å². The molecule has 0 aliphatic carbocycles. The van der Waals surface area contributed by atoms with Crippen molar-refractivity contribution in [1.82, 2.24) is 9.97 Å². The fourth-order valence-corrected chi connectivity index (χ4v) is 4.37. The van der Waals surface area contributed by atoms with Gasteiger partial charge in [-0.05, 0) is 26.0 Å². The molecule has 3 aromatic rings. The lowest BCUT2D eigenvalue weighted by atomic mass is 10.2. The van der Waals surface area contributed by atoms with Gasteiger partial charge < -0.3 is 0 Å². The molecule has 0 saturated carbocycles. The molecule has 1 aromatic carbocycles. The summed E-state index contributed by atoms with van der Waals surface area (Å²) in [5, 5.41) is 4.99. The minimum Gasteiger partial charge on any atom is -0.297 e. The predicted octanol–water partition coefficient (Wildman–Crippen LogP) is 5.44. The summed E-state index contributed by atoms with van der Waals surface area (Å²) in [4.78, 5) is 22.5. The molecule has 0 spiro atoms. The van der Waals surface area contributed by atoms with E-state index in [2.05, 4.69) is 15.3 Å². The van der Waals surface area contributed by atoms with Gasteiger partial charge in [0.1, 0.15) is 9.88 Å². The summed E-state index contributed by atoms with van der Waals surface area (Å²) in [7, 11) is 0. The highest BCUT2D eigenvalue weighted by atomic mass is 35.5. The van der Waals surface area contributed by atoms with E-state index in [1.54, 1.807) is 31.3 Å². The number of nitrogens with zero attached hydrogens (tertiary/aromatic N) is 2. The van der Waals surface area contributed by atoms with Crippen LogP contribution in [0.4, 0.5) is 5.13 Å². The number of nitrogens with one attached hydrogen (secondary N) is 1. The smallest absolute Gasteiger partial charge is 0.269 e. The Hall–Kier alpha value is -1.47. The molecule has 118 valence electrons. The van der Waals surface area contributed by atoms with Gasteiger partial charge in [-0.15, -0.1) is 22.7 Å². The number of hydrogen-bond acceptors (Lipinski definition) is 5. The third-order valence-electron chi connectivity index (χ3n) is 3.02. The van der Waals surface area contributed by atoms with Gasteiger partial charge in [0.2, 0.25) is 0 Å². The van der Waals surface area contributed by atoms with Crippen LogP contribution >= 0.6 is 45.9 Å². The molecule has 0 bridgehead atoms. The maximum absolute atomic E-state index is 12.4. The first-order valence-corrected chi connectivity index (χ1v) is 9.00. The summed E-state index contributed by atoms with van der Waals surface area (Å²) in [6.07, 6.45) is 1.72. The molecule has 1 N–H and O–H groups in total. The molecule has 0 radical (unpaired) electrons. The van der Waals surface area contributed by atoms with Gasteiger partial charge in [0, 0.05) is 16.6 Å². The first kappa shape index (κ1) is 16.4. The third kappa shape index (κ3) is 3.40. The SMILES string of the molecule is Cc1cnc(NC(=O)c2sc(-c3c(Cl)cccc3Cl)nc2C)s1. The predicted molar refractivity (Wildman–Crippen MR) is 97.1 cm³/mol. The Labute approximate surface area is 151 Å². The monoisotopic (exact) mass is 383 g/mol. The fourth-order valence-electron chi connectivity index (χ4n) is 1.98. The Balaban J connectivity index is 1.93. The number of aromatic nitrogens is 2. The molecule has 0 atom stereocenters. The minimum atomic E-state index is -0.233. The van der Waals surface area contributed by atoms with Crippen molar-refractivity contribution in [1.29, 1.82) is 0 Å². The van der Waals surface area contributed by atoms with Crippen molar-refractivity contribution in [3.05, 3.63) is 49.9 Å². The largest absolute Gasteiger partial charge is 0.297 e. The standard InChI is InChI=1S/C15H11Cl2N3OS2/c1-7-6-18-15(22-7)20-13(21)12-8(2)19-14(23-12)11-9(16)4-3-5-10(11)17/h3-6H,1-2H3,(H,18,20,21). The van der Waals surface area contributed by atoms with E-state index < -0.39 is 0 Å². The van der Waals surface area contributed by atoms with E-state index in [1.807, 2.05) is 6.92 Å². The lowest BCUT2D eigenvalue weighted by Gasteiger charge is -2.02. The van der Waals surface area contributed by atoms with Crippen molar-refractivity contribution < 1.29 is 4.79 Å². The Morgan fingerprint density at radius 1 is 1.17 bits per heavy atom. The van der Waals surface area contributed by atoms with E-state index >= 15 is 0 Å². The van der Waals surface area contributed by atoms with E-state index in [-0.39, 0.29) is 5.91 Å². The fraction of sp³-hybridized carbons (Fsp3) is 0.133. The van der Waals surface area contributed by atoms with Gasteiger partial charge in [-0.2, -0.15) is 0 Å². The van der Waals surface area contributed by atoms with Crippen LogP contribution in [0.5, 0.6) is 0 Å². The Morgan fingerprint density at radius 2 is 1.87 bits per heavy atom. The molecular weight excluding hydrogens is 373 g/mol. The summed E-state index contributed by atoms with van der Waals surface area (Å²) in [5.41, 5.74) is 1.28. The molecule has 23 heavy (non-hydrogen) atoms. The zero-order valence-electron chi connectivity index (χ0n) is 12.2. The van der Waals surface area contributed by atoms with Gasteiger partial charge in [0.15, 0.2) is 5.13 Å². The number of thiazole rings is 2. The second kappa shape index (κ2) is 6.57. The number of carbonyl (C=O) groups is 1. The maximum Gasteiger partial charge on any atom is 0.269 e. The molecule has 8 heteroatoms. The highest BCUT2D eigenvalue weighted by Gasteiger charge is 2.20. The van der Waals surface area contributed by atoms with Crippen LogP contribution < -0.4 is 5.32 Å². The van der Waals surface area contributed by atoms with Gasteiger partial charge in [0.05, 0.1) is 15.7 Å². The normalized spacial score (nSPS) is 10.8. The Kier molecular flexibility index (Phi) is 4.68. The molecule has 4 nitrogen and oxygen atoms in total. The van der Waals surface area contributed by atoms with E-state index in [1.165, 1.54) is 22.7 Å². The van der Waals surface area contributed by atoms with Gasteiger partial charge in [0.25, 0.3) is 5.91 Å². The Morgan fingerprint density at radius 3 is 2.48 bits per heavy atom. The number of anilines is 1. The molecule has 0 saturated heterocycles. The van der Waals surface area contributed by atoms with Crippen LogP contribution in [0.2, 0.25) is 10.0 Å². The van der Waals surface area contributed by atoms with Crippen LogP contribution in [-0.2, 0) is 0 Å². The first-order valence-electron chi connectivity index (χ1n) is 6.61. The number of amides is 1. The van der Waals surface area contributed by atoms with Crippen LogP contribution in [0.25, 0.3) is 10.6 Å². The number of halogens is 2. The summed E-state index contributed by atoms with van der Waals surface area (Å²) in [6.45, 7) is 3.72. The van der Waals surface area contributed by atoms with Gasteiger partial charge in [-0.3, -0.25) is 10.1 Å².